The second-order valence-electron chi connectivity index (χ2n) is 5.71. The largest absolute Gasteiger partial charge is 0.365 e. The minimum Gasteiger partial charge on any atom is -0.365 e. The second kappa shape index (κ2) is 6.01. The van der Waals surface area contributed by atoms with Crippen LogP contribution in [-0.2, 0) is 0 Å². The number of hydrogen-bond donors (Lipinski definition) is 1. The lowest BCUT2D eigenvalue weighted by atomic mass is 10.0. The molecule has 1 fully saturated rings. The van der Waals surface area contributed by atoms with Gasteiger partial charge >= 0.3 is 0 Å². The van der Waals surface area contributed by atoms with E-state index in [0.717, 1.165) is 22.5 Å². The molecule has 4 rings (SSSR count). The van der Waals surface area contributed by atoms with Crippen LogP contribution in [0.5, 0.6) is 0 Å². The summed E-state index contributed by atoms with van der Waals surface area (Å²) >= 11 is 6.37. The van der Waals surface area contributed by atoms with Crippen LogP contribution in [0.2, 0.25) is 5.15 Å². The summed E-state index contributed by atoms with van der Waals surface area (Å²) in [4.78, 5) is 9.43. The van der Waals surface area contributed by atoms with Crippen LogP contribution in [0.15, 0.2) is 60.7 Å². The predicted octanol–water partition coefficient (Wildman–Crippen LogP) is 5.04. The third-order valence-electron chi connectivity index (χ3n) is 3.87. The summed E-state index contributed by atoms with van der Waals surface area (Å²) in [6.45, 7) is 0. The van der Waals surface area contributed by atoms with Gasteiger partial charge in [0.15, 0.2) is 11.0 Å². The zero-order valence-corrected chi connectivity index (χ0v) is 13.3. The zero-order valence-electron chi connectivity index (χ0n) is 12.5. The molecule has 0 bridgehead atoms. The molecule has 0 saturated heterocycles. The van der Waals surface area contributed by atoms with Crippen molar-refractivity contribution in [2.75, 3.05) is 5.32 Å². The molecule has 23 heavy (non-hydrogen) atoms. The molecule has 0 amide bonds. The summed E-state index contributed by atoms with van der Waals surface area (Å²) in [6.07, 6.45) is 2.33. The third-order valence-corrected chi connectivity index (χ3v) is 4.13. The summed E-state index contributed by atoms with van der Waals surface area (Å²) < 4.78 is 0. The molecule has 0 atom stereocenters. The molecular formula is C19H16ClN3. The van der Waals surface area contributed by atoms with Crippen LogP contribution >= 0.6 is 11.6 Å². The van der Waals surface area contributed by atoms with E-state index in [4.69, 9.17) is 16.6 Å². The topological polar surface area (TPSA) is 37.8 Å². The van der Waals surface area contributed by atoms with Gasteiger partial charge in [-0.3, -0.25) is 0 Å². The third kappa shape index (κ3) is 3.06. The molecule has 0 aliphatic heterocycles. The highest BCUT2D eigenvalue weighted by molar-refractivity contribution is 6.32. The Balaban J connectivity index is 1.88. The first-order valence-corrected chi connectivity index (χ1v) is 8.14. The minimum atomic E-state index is 0.426. The van der Waals surface area contributed by atoms with Crippen molar-refractivity contribution in [1.29, 1.82) is 0 Å². The Hall–Kier alpha value is -2.39. The summed E-state index contributed by atoms with van der Waals surface area (Å²) in [5, 5.41) is 3.79. The van der Waals surface area contributed by atoms with E-state index in [0.29, 0.717) is 17.0 Å². The van der Waals surface area contributed by atoms with E-state index in [1.807, 2.05) is 60.7 Å². The fourth-order valence-corrected chi connectivity index (χ4v) is 2.70. The molecule has 2 aromatic carbocycles. The van der Waals surface area contributed by atoms with Gasteiger partial charge in [-0.05, 0) is 12.8 Å². The first-order valence-electron chi connectivity index (χ1n) is 7.76. The summed E-state index contributed by atoms with van der Waals surface area (Å²) in [5.74, 6) is 0.674. The number of halogens is 1. The lowest BCUT2D eigenvalue weighted by Crippen LogP contribution is -2.06. The van der Waals surface area contributed by atoms with Gasteiger partial charge in [0.1, 0.15) is 0 Å². The van der Waals surface area contributed by atoms with Crippen molar-refractivity contribution in [3.63, 3.8) is 0 Å². The van der Waals surface area contributed by atoms with Gasteiger partial charge in [0.2, 0.25) is 0 Å². The van der Waals surface area contributed by atoms with Gasteiger partial charge in [-0.15, -0.1) is 0 Å². The van der Waals surface area contributed by atoms with Crippen molar-refractivity contribution in [3.05, 3.63) is 65.8 Å². The Labute approximate surface area is 140 Å². The van der Waals surface area contributed by atoms with Gasteiger partial charge in [-0.25, -0.2) is 9.97 Å². The van der Waals surface area contributed by atoms with Crippen molar-refractivity contribution in [2.45, 2.75) is 18.9 Å². The first kappa shape index (κ1) is 14.2. The quantitative estimate of drug-likeness (QED) is 0.731. The molecule has 1 aliphatic rings. The highest BCUT2D eigenvalue weighted by atomic mass is 35.5. The summed E-state index contributed by atoms with van der Waals surface area (Å²) in [7, 11) is 0. The van der Waals surface area contributed by atoms with Crippen molar-refractivity contribution >= 4 is 17.4 Å². The zero-order chi connectivity index (χ0) is 15.6. The molecule has 0 radical (unpaired) electrons. The monoisotopic (exact) mass is 321 g/mol. The molecule has 1 saturated carbocycles. The van der Waals surface area contributed by atoms with Crippen LogP contribution in [0.3, 0.4) is 0 Å². The van der Waals surface area contributed by atoms with Crippen LogP contribution in [0.25, 0.3) is 22.5 Å². The fourth-order valence-electron chi connectivity index (χ4n) is 2.52. The van der Waals surface area contributed by atoms with E-state index < -0.39 is 0 Å². The van der Waals surface area contributed by atoms with Gasteiger partial charge in [0.05, 0.1) is 11.4 Å². The molecule has 1 aliphatic carbocycles. The number of anilines is 1. The molecule has 0 spiro atoms. The number of aromatic nitrogens is 2. The van der Waals surface area contributed by atoms with Gasteiger partial charge in [0, 0.05) is 17.2 Å². The molecule has 3 nitrogen and oxygen atoms in total. The van der Waals surface area contributed by atoms with Crippen molar-refractivity contribution < 1.29 is 0 Å². The molecule has 3 aromatic rings. The van der Waals surface area contributed by atoms with E-state index in [2.05, 4.69) is 10.3 Å². The van der Waals surface area contributed by atoms with Gasteiger partial charge in [-0.2, -0.15) is 0 Å². The van der Waals surface area contributed by atoms with Gasteiger partial charge in [-0.1, -0.05) is 72.3 Å². The normalized spacial score (nSPS) is 13.8. The van der Waals surface area contributed by atoms with Crippen LogP contribution in [0.4, 0.5) is 5.82 Å². The molecule has 1 N–H and O–H groups in total. The maximum absolute atomic E-state index is 6.37. The fraction of sp³-hybridized carbons (Fsp3) is 0.158. The number of hydrogen-bond acceptors (Lipinski definition) is 3. The Morgan fingerprint density at radius 3 is 1.83 bits per heavy atom. The molecule has 1 aromatic heterocycles. The number of nitrogens with one attached hydrogen (secondary N) is 1. The number of benzene rings is 2. The van der Waals surface area contributed by atoms with Gasteiger partial charge in [0.25, 0.3) is 0 Å². The van der Waals surface area contributed by atoms with E-state index in [9.17, 15) is 0 Å². The van der Waals surface area contributed by atoms with E-state index in [1.54, 1.807) is 0 Å². The number of rotatable bonds is 4. The van der Waals surface area contributed by atoms with Crippen LogP contribution in [0.1, 0.15) is 12.8 Å². The van der Waals surface area contributed by atoms with Gasteiger partial charge < -0.3 is 5.32 Å². The van der Waals surface area contributed by atoms with Crippen LogP contribution < -0.4 is 5.32 Å². The van der Waals surface area contributed by atoms with Crippen LogP contribution in [-0.4, -0.2) is 16.0 Å². The lowest BCUT2D eigenvalue weighted by molar-refractivity contribution is 1.09. The Morgan fingerprint density at radius 2 is 1.30 bits per heavy atom. The summed E-state index contributed by atoms with van der Waals surface area (Å²) in [5.41, 5.74) is 3.71. The Bertz CT molecular complexity index is 815. The van der Waals surface area contributed by atoms with Crippen molar-refractivity contribution in [1.82, 2.24) is 9.97 Å². The maximum Gasteiger partial charge on any atom is 0.172 e. The van der Waals surface area contributed by atoms with E-state index in [-0.39, 0.29) is 0 Å². The van der Waals surface area contributed by atoms with Crippen molar-refractivity contribution in [3.8, 4) is 22.5 Å². The van der Waals surface area contributed by atoms with Crippen molar-refractivity contribution in [2.24, 2.45) is 0 Å². The predicted molar refractivity (Wildman–Crippen MR) is 94.6 cm³/mol. The first-order chi connectivity index (χ1) is 11.3. The molecule has 1 heterocycles. The summed E-state index contributed by atoms with van der Waals surface area (Å²) in [6, 6.07) is 20.6. The maximum atomic E-state index is 6.37. The standard InChI is InChI=1S/C19H16ClN3/c20-18-19(21-15-11-12-15)23-17(14-9-5-2-6-10-14)16(22-18)13-7-3-1-4-8-13/h1-10,15H,11-12H2,(H,21,23). The smallest absolute Gasteiger partial charge is 0.172 e. The second-order valence-corrected chi connectivity index (χ2v) is 6.07. The Morgan fingerprint density at radius 1 is 0.783 bits per heavy atom. The minimum absolute atomic E-state index is 0.426. The number of nitrogens with zero attached hydrogens (tertiary/aromatic N) is 2. The molecular weight excluding hydrogens is 306 g/mol. The molecule has 114 valence electrons. The van der Waals surface area contributed by atoms with E-state index in [1.165, 1.54) is 12.8 Å². The van der Waals surface area contributed by atoms with E-state index >= 15 is 0 Å². The molecule has 4 heteroatoms. The average Bonchev–Trinajstić information content (AvgIpc) is 3.42. The average molecular weight is 322 g/mol. The van der Waals surface area contributed by atoms with Crippen LogP contribution in [0, 0.1) is 0 Å². The lowest BCUT2D eigenvalue weighted by Gasteiger charge is -2.13. The Kier molecular flexibility index (Phi) is 3.72. The molecule has 0 unspecified atom stereocenters. The highest BCUT2D eigenvalue weighted by Crippen LogP contribution is 2.34. The highest BCUT2D eigenvalue weighted by Gasteiger charge is 2.24. The SMILES string of the molecule is Clc1nc(-c2ccccc2)c(-c2ccccc2)nc1NC1CC1.